The molecule has 6 nitrogen and oxygen atoms in total. The average Bonchev–Trinajstić information content (AvgIpc) is 2.89. The van der Waals surface area contributed by atoms with E-state index in [-0.39, 0.29) is 24.2 Å². The van der Waals surface area contributed by atoms with Crippen molar-refractivity contribution in [1.29, 1.82) is 0 Å². The lowest BCUT2D eigenvalue weighted by Crippen LogP contribution is -2.35. The molecule has 0 spiro atoms. The van der Waals surface area contributed by atoms with E-state index in [0.717, 1.165) is 12.8 Å². The lowest BCUT2D eigenvalue weighted by molar-refractivity contribution is 0.0936. The topological polar surface area (TPSA) is 93.3 Å². The molecule has 2 rings (SSSR count). The van der Waals surface area contributed by atoms with E-state index in [2.05, 4.69) is 32.9 Å². The van der Waals surface area contributed by atoms with Crippen LogP contribution in [0.3, 0.4) is 0 Å². The fraction of sp³-hybridized carbons (Fsp3) is 0.263. The molecule has 1 amide bonds. The second kappa shape index (κ2) is 9.44. The molecule has 1 aliphatic rings. The summed E-state index contributed by atoms with van der Waals surface area (Å²) in [5.41, 5.74) is 7.58. The third kappa shape index (κ3) is 5.32. The van der Waals surface area contributed by atoms with E-state index < -0.39 is 0 Å². The molecule has 0 aliphatic heterocycles. The Labute approximate surface area is 148 Å². The minimum atomic E-state index is -0.279. The van der Waals surface area contributed by atoms with Gasteiger partial charge in [-0.05, 0) is 24.5 Å². The van der Waals surface area contributed by atoms with Crippen LogP contribution in [-0.2, 0) is 6.54 Å². The van der Waals surface area contributed by atoms with Crippen LogP contribution in [0.1, 0.15) is 34.7 Å². The Morgan fingerprint density at radius 1 is 1.52 bits per heavy atom. The third-order valence-corrected chi connectivity index (χ3v) is 3.67. The van der Waals surface area contributed by atoms with Gasteiger partial charge in [0.05, 0.1) is 17.6 Å². The summed E-state index contributed by atoms with van der Waals surface area (Å²) in [4.78, 5) is 25.2. The monoisotopic (exact) mass is 337 g/mol. The first kappa shape index (κ1) is 18.5. The van der Waals surface area contributed by atoms with Gasteiger partial charge in [0, 0.05) is 25.8 Å². The summed E-state index contributed by atoms with van der Waals surface area (Å²) in [5, 5.41) is 2.98. The highest BCUT2D eigenvalue weighted by atomic mass is 16.2. The Bertz CT molecular complexity index is 746. The van der Waals surface area contributed by atoms with Crippen LogP contribution in [0, 0.1) is 0 Å². The number of allylic oxidation sites excluding steroid dienone is 6. The maximum atomic E-state index is 12.6. The second-order valence-corrected chi connectivity index (χ2v) is 5.52. The van der Waals surface area contributed by atoms with Crippen LogP contribution in [0.15, 0.2) is 54.2 Å². The molecule has 1 unspecified atom stereocenters. The van der Waals surface area contributed by atoms with Gasteiger partial charge in [0.15, 0.2) is 5.69 Å². The smallest absolute Gasteiger partial charge is 0.272 e. The van der Waals surface area contributed by atoms with Gasteiger partial charge < -0.3 is 11.1 Å². The first-order valence-corrected chi connectivity index (χ1v) is 8.14. The SMILES string of the molecule is C=C(/C=C\C=N/C)c1cnc(CN)c(C(=O)NC2C=CC=CCC2)n1. The molecule has 0 radical (unpaired) electrons. The molecule has 1 atom stereocenters. The van der Waals surface area contributed by atoms with E-state index in [1.165, 1.54) is 0 Å². The standard InChI is InChI=1S/C19H23N5O/c1-14(8-7-11-21-2)17-13-22-16(12-20)18(24-17)19(25)23-15-9-5-3-4-6-10-15/h3-5,7-9,11,13,15H,1,6,10,12,20H2,2H3,(H,23,25)/b8-7-,21-11-. The van der Waals surface area contributed by atoms with Crippen LogP contribution in [0.25, 0.3) is 5.57 Å². The molecule has 130 valence electrons. The Balaban J connectivity index is 2.21. The first-order chi connectivity index (χ1) is 12.2. The zero-order valence-corrected chi connectivity index (χ0v) is 14.4. The Hall–Kier alpha value is -2.86. The Kier molecular flexibility index (Phi) is 6.98. The van der Waals surface area contributed by atoms with E-state index in [0.29, 0.717) is 17.0 Å². The van der Waals surface area contributed by atoms with E-state index in [9.17, 15) is 4.79 Å². The largest absolute Gasteiger partial charge is 0.344 e. The number of carbonyl (C=O) groups excluding carboxylic acids is 1. The molecule has 0 saturated carbocycles. The van der Waals surface area contributed by atoms with E-state index in [1.807, 2.05) is 18.2 Å². The van der Waals surface area contributed by atoms with Crippen LogP contribution >= 0.6 is 0 Å². The first-order valence-electron chi connectivity index (χ1n) is 8.14. The number of carbonyl (C=O) groups is 1. The van der Waals surface area contributed by atoms with E-state index in [1.54, 1.807) is 31.6 Å². The van der Waals surface area contributed by atoms with Crippen LogP contribution in [0.2, 0.25) is 0 Å². The molecule has 1 aromatic heterocycles. The molecule has 25 heavy (non-hydrogen) atoms. The molecule has 0 saturated heterocycles. The fourth-order valence-electron chi connectivity index (χ4n) is 2.33. The van der Waals surface area contributed by atoms with Crippen LogP contribution in [-0.4, -0.2) is 35.2 Å². The Morgan fingerprint density at radius 2 is 2.36 bits per heavy atom. The summed E-state index contributed by atoms with van der Waals surface area (Å²) in [6.07, 6.45) is 16.4. The molecule has 1 aromatic rings. The molecule has 3 N–H and O–H groups in total. The van der Waals surface area contributed by atoms with Crippen molar-refractivity contribution in [3.05, 3.63) is 66.3 Å². The highest BCUT2D eigenvalue weighted by Gasteiger charge is 2.18. The van der Waals surface area contributed by atoms with Crippen molar-refractivity contribution in [3.8, 4) is 0 Å². The lowest BCUT2D eigenvalue weighted by Gasteiger charge is -2.15. The number of nitrogens with two attached hydrogens (primary N) is 1. The van der Waals surface area contributed by atoms with Gasteiger partial charge in [0.25, 0.3) is 5.91 Å². The van der Waals surface area contributed by atoms with Crippen molar-refractivity contribution in [2.24, 2.45) is 10.7 Å². The minimum Gasteiger partial charge on any atom is -0.344 e. The zero-order valence-electron chi connectivity index (χ0n) is 14.4. The van der Waals surface area contributed by atoms with E-state index >= 15 is 0 Å². The number of aromatic nitrogens is 2. The summed E-state index contributed by atoms with van der Waals surface area (Å²) in [7, 11) is 1.68. The van der Waals surface area contributed by atoms with Crippen molar-refractivity contribution in [3.63, 3.8) is 0 Å². The average molecular weight is 337 g/mol. The van der Waals surface area contributed by atoms with Crippen LogP contribution < -0.4 is 11.1 Å². The zero-order chi connectivity index (χ0) is 18.1. The van der Waals surface area contributed by atoms with E-state index in [4.69, 9.17) is 5.73 Å². The van der Waals surface area contributed by atoms with Crippen molar-refractivity contribution >= 4 is 17.7 Å². The van der Waals surface area contributed by atoms with Crippen molar-refractivity contribution < 1.29 is 4.79 Å². The second-order valence-electron chi connectivity index (χ2n) is 5.52. The summed E-state index contributed by atoms with van der Waals surface area (Å²) in [6, 6.07) is -0.0394. The number of amides is 1. The molecule has 0 aromatic carbocycles. The van der Waals surface area contributed by atoms with Gasteiger partial charge in [0.2, 0.25) is 0 Å². The number of nitrogens with one attached hydrogen (secondary N) is 1. The molecular formula is C19H23N5O. The lowest BCUT2D eigenvalue weighted by atomic mass is 10.1. The predicted molar refractivity (Wildman–Crippen MR) is 101 cm³/mol. The number of hydrogen-bond donors (Lipinski definition) is 2. The summed E-state index contributed by atoms with van der Waals surface area (Å²) in [6.45, 7) is 4.09. The molecule has 1 heterocycles. The van der Waals surface area contributed by atoms with Crippen LogP contribution in [0.4, 0.5) is 0 Å². The number of rotatable bonds is 6. The maximum absolute atomic E-state index is 12.6. The fourth-order valence-corrected chi connectivity index (χ4v) is 2.33. The van der Waals surface area contributed by atoms with Crippen molar-refractivity contribution in [1.82, 2.24) is 15.3 Å². The van der Waals surface area contributed by atoms with Gasteiger partial charge in [-0.1, -0.05) is 37.0 Å². The van der Waals surface area contributed by atoms with Gasteiger partial charge in [0.1, 0.15) is 0 Å². The molecule has 0 fully saturated rings. The summed E-state index contributed by atoms with van der Waals surface area (Å²) in [5.74, 6) is -0.279. The number of hydrogen-bond acceptors (Lipinski definition) is 5. The molecular weight excluding hydrogens is 314 g/mol. The quantitative estimate of drug-likeness (QED) is 0.615. The van der Waals surface area contributed by atoms with Gasteiger partial charge in [-0.25, -0.2) is 4.98 Å². The number of aliphatic imine (C=N–C) groups is 1. The van der Waals surface area contributed by atoms with Gasteiger partial charge in [-0.3, -0.25) is 14.8 Å². The predicted octanol–water partition coefficient (Wildman–Crippen LogP) is 2.21. The van der Waals surface area contributed by atoms with Gasteiger partial charge in [-0.15, -0.1) is 0 Å². The molecule has 6 heteroatoms. The maximum Gasteiger partial charge on any atom is 0.272 e. The highest BCUT2D eigenvalue weighted by Crippen LogP contribution is 2.14. The Morgan fingerprint density at radius 3 is 3.12 bits per heavy atom. The van der Waals surface area contributed by atoms with Gasteiger partial charge >= 0.3 is 0 Å². The highest BCUT2D eigenvalue weighted by molar-refractivity contribution is 5.94. The normalized spacial score (nSPS) is 17.1. The summed E-state index contributed by atoms with van der Waals surface area (Å²) < 4.78 is 0. The number of nitrogens with zero attached hydrogens (tertiary/aromatic N) is 3. The van der Waals surface area contributed by atoms with Crippen molar-refractivity contribution in [2.75, 3.05) is 7.05 Å². The molecule has 0 bridgehead atoms. The van der Waals surface area contributed by atoms with Crippen LogP contribution in [0.5, 0.6) is 0 Å². The third-order valence-electron chi connectivity index (χ3n) is 3.67. The van der Waals surface area contributed by atoms with Crippen molar-refractivity contribution in [2.45, 2.75) is 25.4 Å². The van der Waals surface area contributed by atoms with Gasteiger partial charge in [-0.2, -0.15) is 0 Å². The molecule has 1 aliphatic carbocycles. The summed E-state index contributed by atoms with van der Waals surface area (Å²) >= 11 is 0. The minimum absolute atomic E-state index is 0.0394.